The molecule has 0 aliphatic heterocycles. The van der Waals surface area contributed by atoms with Gasteiger partial charge in [0.2, 0.25) is 0 Å². The number of hydrogen-bond donors (Lipinski definition) is 1. The van der Waals surface area contributed by atoms with E-state index in [-0.39, 0.29) is 0 Å². The number of rotatable bonds is 4. The fraction of sp³-hybridized carbons (Fsp3) is 0.231. The Morgan fingerprint density at radius 3 is 3.00 bits per heavy atom. The Morgan fingerprint density at radius 1 is 1.41 bits per heavy atom. The Bertz CT molecular complexity index is 540. The van der Waals surface area contributed by atoms with Crippen LogP contribution in [0.25, 0.3) is 10.4 Å². The van der Waals surface area contributed by atoms with E-state index in [1.54, 1.807) is 11.3 Å². The average Bonchev–Trinajstić information content (AvgIpc) is 2.85. The van der Waals surface area contributed by atoms with Crippen LogP contribution < -0.4 is 5.32 Å². The highest BCUT2D eigenvalue weighted by Gasteiger charge is 2.07. The summed E-state index contributed by atoms with van der Waals surface area (Å²) in [6.07, 6.45) is 2.89. The summed E-state index contributed by atoms with van der Waals surface area (Å²) in [5.41, 5.74) is 1.65. The normalized spacial score (nSPS) is 9.88. The van der Waals surface area contributed by atoms with Crippen LogP contribution in [-0.4, -0.2) is 11.5 Å². The third-order valence-electron chi connectivity index (χ3n) is 2.34. The standard InChI is InChI=1S/C13H13N3S/c1-2-7-15-13-16-9-12(17-13)11-6-4-3-5-10(11)8-14/h3-6,9H,2,7H2,1H3,(H,15,16). The summed E-state index contributed by atoms with van der Waals surface area (Å²) in [4.78, 5) is 5.33. The third-order valence-corrected chi connectivity index (χ3v) is 3.33. The van der Waals surface area contributed by atoms with Crippen molar-refractivity contribution in [3.63, 3.8) is 0 Å². The molecule has 0 aliphatic carbocycles. The first-order chi connectivity index (χ1) is 8.35. The van der Waals surface area contributed by atoms with Gasteiger partial charge in [-0.2, -0.15) is 5.26 Å². The highest BCUT2D eigenvalue weighted by Crippen LogP contribution is 2.30. The monoisotopic (exact) mass is 243 g/mol. The van der Waals surface area contributed by atoms with E-state index >= 15 is 0 Å². The summed E-state index contributed by atoms with van der Waals surface area (Å²) in [5.74, 6) is 0. The molecule has 1 heterocycles. The predicted molar refractivity (Wildman–Crippen MR) is 71.0 cm³/mol. The highest BCUT2D eigenvalue weighted by atomic mass is 32.1. The molecule has 0 spiro atoms. The van der Waals surface area contributed by atoms with Gasteiger partial charge in [-0.05, 0) is 12.5 Å². The molecule has 0 fully saturated rings. The van der Waals surface area contributed by atoms with Crippen LogP contribution in [0.2, 0.25) is 0 Å². The van der Waals surface area contributed by atoms with Crippen molar-refractivity contribution in [3.05, 3.63) is 36.0 Å². The van der Waals surface area contributed by atoms with Gasteiger partial charge in [0, 0.05) is 18.3 Å². The van der Waals surface area contributed by atoms with Gasteiger partial charge in [0.05, 0.1) is 16.5 Å². The summed E-state index contributed by atoms with van der Waals surface area (Å²) in [5, 5.41) is 13.2. The van der Waals surface area contributed by atoms with Crippen LogP contribution in [-0.2, 0) is 0 Å². The molecular weight excluding hydrogens is 230 g/mol. The zero-order valence-electron chi connectivity index (χ0n) is 9.60. The molecule has 0 saturated carbocycles. The quantitative estimate of drug-likeness (QED) is 0.894. The van der Waals surface area contributed by atoms with Crippen molar-refractivity contribution in [2.24, 2.45) is 0 Å². The lowest BCUT2D eigenvalue weighted by Gasteiger charge is -1.99. The number of thiazole rings is 1. The Morgan fingerprint density at radius 2 is 2.24 bits per heavy atom. The molecule has 1 aromatic heterocycles. The zero-order valence-corrected chi connectivity index (χ0v) is 10.4. The van der Waals surface area contributed by atoms with Gasteiger partial charge in [-0.15, -0.1) is 0 Å². The van der Waals surface area contributed by atoms with Crippen molar-refractivity contribution in [2.75, 3.05) is 11.9 Å². The van der Waals surface area contributed by atoms with Gasteiger partial charge in [-0.1, -0.05) is 36.5 Å². The zero-order chi connectivity index (χ0) is 12.1. The van der Waals surface area contributed by atoms with Crippen LogP contribution >= 0.6 is 11.3 Å². The first kappa shape index (κ1) is 11.6. The van der Waals surface area contributed by atoms with E-state index in [4.69, 9.17) is 5.26 Å². The van der Waals surface area contributed by atoms with Crippen molar-refractivity contribution < 1.29 is 0 Å². The molecule has 17 heavy (non-hydrogen) atoms. The van der Waals surface area contributed by atoms with Gasteiger partial charge in [0.15, 0.2) is 5.13 Å². The first-order valence-electron chi connectivity index (χ1n) is 5.54. The van der Waals surface area contributed by atoms with Gasteiger partial charge < -0.3 is 5.32 Å². The molecule has 2 rings (SSSR count). The van der Waals surface area contributed by atoms with E-state index in [1.807, 2.05) is 30.5 Å². The van der Waals surface area contributed by atoms with E-state index in [0.29, 0.717) is 5.56 Å². The lowest BCUT2D eigenvalue weighted by atomic mass is 10.1. The first-order valence-corrected chi connectivity index (χ1v) is 6.36. The maximum Gasteiger partial charge on any atom is 0.183 e. The largest absolute Gasteiger partial charge is 0.362 e. The maximum atomic E-state index is 9.05. The van der Waals surface area contributed by atoms with E-state index < -0.39 is 0 Å². The number of benzene rings is 1. The van der Waals surface area contributed by atoms with Crippen molar-refractivity contribution in [1.29, 1.82) is 5.26 Å². The predicted octanol–water partition coefficient (Wildman–Crippen LogP) is 3.50. The molecule has 0 bridgehead atoms. The van der Waals surface area contributed by atoms with E-state index in [2.05, 4.69) is 23.3 Å². The second-order valence-corrected chi connectivity index (χ2v) is 4.64. The number of aromatic nitrogens is 1. The molecule has 0 saturated heterocycles. The molecule has 2 aromatic rings. The minimum atomic E-state index is 0.693. The van der Waals surface area contributed by atoms with Gasteiger partial charge in [-0.25, -0.2) is 4.98 Å². The fourth-order valence-corrected chi connectivity index (χ4v) is 2.39. The number of anilines is 1. The second kappa shape index (κ2) is 5.46. The van der Waals surface area contributed by atoms with Crippen LogP contribution in [0.3, 0.4) is 0 Å². The van der Waals surface area contributed by atoms with E-state index in [9.17, 15) is 0 Å². The highest BCUT2D eigenvalue weighted by molar-refractivity contribution is 7.18. The lowest BCUT2D eigenvalue weighted by molar-refractivity contribution is 0.976. The Hall–Kier alpha value is -1.86. The van der Waals surface area contributed by atoms with Gasteiger partial charge in [0.25, 0.3) is 0 Å². The number of nitriles is 1. The molecule has 3 nitrogen and oxygen atoms in total. The fourth-order valence-electron chi connectivity index (χ4n) is 1.51. The molecule has 86 valence electrons. The molecule has 0 unspecified atom stereocenters. The van der Waals surface area contributed by atoms with Crippen molar-refractivity contribution >= 4 is 16.5 Å². The summed E-state index contributed by atoms with van der Waals surface area (Å²) in [7, 11) is 0. The van der Waals surface area contributed by atoms with Gasteiger partial charge >= 0.3 is 0 Å². The van der Waals surface area contributed by atoms with E-state index in [1.165, 1.54) is 0 Å². The molecule has 4 heteroatoms. The van der Waals surface area contributed by atoms with Crippen LogP contribution in [0.4, 0.5) is 5.13 Å². The number of hydrogen-bond acceptors (Lipinski definition) is 4. The summed E-state index contributed by atoms with van der Waals surface area (Å²) in [6.45, 7) is 3.04. The van der Waals surface area contributed by atoms with E-state index in [0.717, 1.165) is 28.5 Å². The third kappa shape index (κ3) is 2.63. The number of nitrogens with one attached hydrogen (secondary N) is 1. The lowest BCUT2D eigenvalue weighted by Crippen LogP contribution is -1.97. The SMILES string of the molecule is CCCNc1ncc(-c2ccccc2C#N)s1. The van der Waals surface area contributed by atoms with Gasteiger partial charge in [0.1, 0.15) is 0 Å². The topological polar surface area (TPSA) is 48.7 Å². The summed E-state index contributed by atoms with van der Waals surface area (Å²) >= 11 is 1.58. The molecule has 1 N–H and O–H groups in total. The van der Waals surface area contributed by atoms with Crippen LogP contribution in [0.5, 0.6) is 0 Å². The second-order valence-electron chi connectivity index (χ2n) is 3.61. The molecule has 0 amide bonds. The average molecular weight is 243 g/mol. The van der Waals surface area contributed by atoms with Crippen LogP contribution in [0, 0.1) is 11.3 Å². The van der Waals surface area contributed by atoms with Gasteiger partial charge in [-0.3, -0.25) is 0 Å². The molecule has 0 atom stereocenters. The summed E-state index contributed by atoms with van der Waals surface area (Å²) < 4.78 is 0. The van der Waals surface area contributed by atoms with Crippen molar-refractivity contribution in [3.8, 4) is 16.5 Å². The van der Waals surface area contributed by atoms with Crippen molar-refractivity contribution in [2.45, 2.75) is 13.3 Å². The Balaban J connectivity index is 2.28. The molecule has 0 aliphatic rings. The minimum absolute atomic E-state index is 0.693. The number of nitrogens with zero attached hydrogens (tertiary/aromatic N) is 2. The summed E-state index contributed by atoms with van der Waals surface area (Å²) in [6, 6.07) is 9.80. The van der Waals surface area contributed by atoms with Crippen molar-refractivity contribution in [1.82, 2.24) is 4.98 Å². The smallest absolute Gasteiger partial charge is 0.183 e. The maximum absolute atomic E-state index is 9.05. The Kier molecular flexibility index (Phi) is 3.73. The van der Waals surface area contributed by atoms with Crippen LogP contribution in [0.15, 0.2) is 30.5 Å². The molecule has 1 aromatic carbocycles. The minimum Gasteiger partial charge on any atom is -0.362 e. The van der Waals surface area contributed by atoms with Crippen LogP contribution in [0.1, 0.15) is 18.9 Å². The Labute approximate surface area is 105 Å². The molecule has 0 radical (unpaired) electrons. The molecular formula is C13H13N3S.